The van der Waals surface area contributed by atoms with Crippen molar-refractivity contribution in [1.29, 1.82) is 0 Å². The molecule has 1 N–H and O–H groups in total. The van der Waals surface area contributed by atoms with Gasteiger partial charge in [-0.05, 0) is 53.5 Å². The number of allylic oxidation sites excluding steroid dienone is 2. The van der Waals surface area contributed by atoms with E-state index in [9.17, 15) is 5.11 Å². The Labute approximate surface area is 126 Å². The van der Waals surface area contributed by atoms with Crippen molar-refractivity contribution in [2.75, 3.05) is 0 Å². The maximum atomic E-state index is 9.56. The van der Waals surface area contributed by atoms with Crippen molar-refractivity contribution in [2.24, 2.45) is 11.8 Å². The Bertz CT molecular complexity index is 654. The fourth-order valence-electron chi connectivity index (χ4n) is 4.22. The van der Waals surface area contributed by atoms with Gasteiger partial charge >= 0.3 is 0 Å². The van der Waals surface area contributed by atoms with Crippen LogP contribution in [-0.2, 0) is 0 Å². The summed E-state index contributed by atoms with van der Waals surface area (Å²) in [4.78, 5) is 0. The fourth-order valence-corrected chi connectivity index (χ4v) is 4.22. The summed E-state index contributed by atoms with van der Waals surface area (Å²) < 4.78 is 0. The van der Waals surface area contributed by atoms with Gasteiger partial charge in [-0.3, -0.25) is 0 Å². The monoisotopic (exact) mass is 276 g/mol. The van der Waals surface area contributed by atoms with Gasteiger partial charge in [0.1, 0.15) is 5.75 Å². The van der Waals surface area contributed by atoms with Crippen LogP contribution in [0.2, 0.25) is 0 Å². The van der Waals surface area contributed by atoms with Crippen LogP contribution < -0.4 is 0 Å². The van der Waals surface area contributed by atoms with Crippen molar-refractivity contribution in [3.05, 3.63) is 71.8 Å². The Hall–Kier alpha value is -2.02. The zero-order valence-corrected chi connectivity index (χ0v) is 12.1. The Kier molecular flexibility index (Phi) is 3.07. The summed E-state index contributed by atoms with van der Waals surface area (Å²) >= 11 is 0. The van der Waals surface area contributed by atoms with Crippen molar-refractivity contribution in [2.45, 2.75) is 25.2 Å². The largest absolute Gasteiger partial charge is 0.508 e. The Morgan fingerprint density at radius 1 is 0.857 bits per heavy atom. The van der Waals surface area contributed by atoms with E-state index < -0.39 is 0 Å². The minimum Gasteiger partial charge on any atom is -0.508 e. The molecule has 4 rings (SSSR count). The lowest BCUT2D eigenvalue weighted by Crippen LogP contribution is -2.10. The molecule has 0 radical (unpaired) electrons. The summed E-state index contributed by atoms with van der Waals surface area (Å²) in [6.45, 7) is 0. The molecule has 1 nitrogen and oxygen atoms in total. The fraction of sp³-hybridized carbons (Fsp3) is 0.300. The SMILES string of the molecule is Oc1ccc(C2C(c3ccccc3)=CC3CCCC32)cc1. The quantitative estimate of drug-likeness (QED) is 0.819. The third kappa shape index (κ3) is 2.17. The summed E-state index contributed by atoms with van der Waals surface area (Å²) in [5, 5.41) is 9.56. The first-order valence-corrected chi connectivity index (χ1v) is 7.89. The molecule has 21 heavy (non-hydrogen) atoms. The topological polar surface area (TPSA) is 20.2 Å². The third-order valence-corrected chi connectivity index (χ3v) is 5.14. The van der Waals surface area contributed by atoms with Crippen molar-refractivity contribution in [1.82, 2.24) is 0 Å². The average Bonchev–Trinajstić information content (AvgIpc) is 3.10. The summed E-state index contributed by atoms with van der Waals surface area (Å²) in [5.74, 6) is 2.31. The van der Waals surface area contributed by atoms with Gasteiger partial charge in [0.25, 0.3) is 0 Å². The van der Waals surface area contributed by atoms with Gasteiger partial charge in [0.2, 0.25) is 0 Å². The molecule has 1 heteroatoms. The van der Waals surface area contributed by atoms with Crippen LogP contribution in [0.15, 0.2) is 60.7 Å². The van der Waals surface area contributed by atoms with Crippen LogP contribution in [0.1, 0.15) is 36.3 Å². The van der Waals surface area contributed by atoms with Gasteiger partial charge in [0.05, 0.1) is 0 Å². The molecule has 2 aromatic carbocycles. The van der Waals surface area contributed by atoms with Crippen LogP contribution >= 0.6 is 0 Å². The lowest BCUT2D eigenvalue weighted by Gasteiger charge is -2.23. The van der Waals surface area contributed by atoms with E-state index in [1.165, 1.54) is 36.0 Å². The zero-order valence-electron chi connectivity index (χ0n) is 12.1. The molecular weight excluding hydrogens is 256 g/mol. The molecule has 0 spiro atoms. The summed E-state index contributed by atoms with van der Waals surface area (Å²) in [7, 11) is 0. The van der Waals surface area contributed by atoms with E-state index in [1.54, 1.807) is 0 Å². The van der Waals surface area contributed by atoms with Crippen LogP contribution in [0.3, 0.4) is 0 Å². The van der Waals surface area contributed by atoms with E-state index in [2.05, 4.69) is 48.5 Å². The van der Waals surface area contributed by atoms with E-state index in [1.807, 2.05) is 12.1 Å². The predicted octanol–water partition coefficient (Wildman–Crippen LogP) is 4.99. The Balaban J connectivity index is 1.78. The summed E-state index contributed by atoms with van der Waals surface area (Å²) in [6.07, 6.45) is 6.52. The molecule has 0 saturated heterocycles. The zero-order chi connectivity index (χ0) is 14.2. The highest BCUT2D eigenvalue weighted by Crippen LogP contribution is 2.54. The van der Waals surface area contributed by atoms with Gasteiger partial charge in [-0.15, -0.1) is 0 Å². The number of hydrogen-bond acceptors (Lipinski definition) is 1. The molecule has 0 heterocycles. The van der Waals surface area contributed by atoms with Crippen LogP contribution in [-0.4, -0.2) is 5.11 Å². The van der Waals surface area contributed by atoms with Crippen molar-refractivity contribution in [3.63, 3.8) is 0 Å². The third-order valence-electron chi connectivity index (χ3n) is 5.14. The molecule has 1 fully saturated rings. The van der Waals surface area contributed by atoms with E-state index in [-0.39, 0.29) is 0 Å². The second-order valence-corrected chi connectivity index (χ2v) is 6.32. The first kappa shape index (κ1) is 12.7. The highest BCUT2D eigenvalue weighted by Gasteiger charge is 2.40. The minimum atomic E-state index is 0.352. The van der Waals surface area contributed by atoms with E-state index in [0.717, 1.165) is 11.8 Å². The van der Waals surface area contributed by atoms with Crippen molar-refractivity contribution < 1.29 is 5.11 Å². The maximum absolute atomic E-state index is 9.56. The lowest BCUT2D eigenvalue weighted by atomic mass is 9.80. The number of benzene rings is 2. The number of rotatable bonds is 2. The number of fused-ring (bicyclic) bond motifs is 1. The molecule has 0 aromatic heterocycles. The van der Waals surface area contributed by atoms with E-state index >= 15 is 0 Å². The van der Waals surface area contributed by atoms with Crippen LogP contribution in [0.25, 0.3) is 5.57 Å². The summed E-state index contributed by atoms with van der Waals surface area (Å²) in [5.41, 5.74) is 4.18. The molecule has 3 unspecified atom stereocenters. The van der Waals surface area contributed by atoms with E-state index in [0.29, 0.717) is 11.7 Å². The maximum Gasteiger partial charge on any atom is 0.115 e. The highest BCUT2D eigenvalue weighted by molar-refractivity contribution is 5.74. The number of phenols is 1. The van der Waals surface area contributed by atoms with Crippen molar-refractivity contribution in [3.8, 4) is 5.75 Å². The van der Waals surface area contributed by atoms with Gasteiger partial charge in [0, 0.05) is 5.92 Å². The molecule has 106 valence electrons. The molecular formula is C20H20O. The van der Waals surface area contributed by atoms with Gasteiger partial charge in [-0.25, -0.2) is 0 Å². The van der Waals surface area contributed by atoms with Gasteiger partial charge in [0.15, 0.2) is 0 Å². The predicted molar refractivity (Wildman–Crippen MR) is 86.1 cm³/mol. The number of phenolic OH excluding ortho intramolecular Hbond substituents is 1. The molecule has 0 bridgehead atoms. The highest BCUT2D eigenvalue weighted by atomic mass is 16.3. The van der Waals surface area contributed by atoms with Gasteiger partial charge < -0.3 is 5.11 Å². The normalized spacial score (nSPS) is 27.4. The van der Waals surface area contributed by atoms with Gasteiger partial charge in [-0.1, -0.05) is 55.0 Å². The number of aromatic hydroxyl groups is 1. The molecule has 0 aliphatic heterocycles. The molecule has 2 aromatic rings. The standard InChI is InChI=1S/C20H20O/c21-17-11-9-15(10-12-17)20-18-8-4-7-16(18)13-19(20)14-5-2-1-3-6-14/h1-3,5-6,9-13,16,18,20-21H,4,7-8H2. The second kappa shape index (κ2) is 5.07. The van der Waals surface area contributed by atoms with Crippen LogP contribution in [0.4, 0.5) is 0 Å². The van der Waals surface area contributed by atoms with Crippen molar-refractivity contribution >= 4 is 5.57 Å². The Morgan fingerprint density at radius 3 is 2.38 bits per heavy atom. The molecule has 2 aliphatic rings. The number of hydrogen-bond donors (Lipinski definition) is 1. The first-order chi connectivity index (χ1) is 10.3. The van der Waals surface area contributed by atoms with Gasteiger partial charge in [-0.2, -0.15) is 0 Å². The van der Waals surface area contributed by atoms with Crippen LogP contribution in [0, 0.1) is 11.8 Å². The molecule has 1 saturated carbocycles. The van der Waals surface area contributed by atoms with Crippen LogP contribution in [0.5, 0.6) is 5.75 Å². The Morgan fingerprint density at radius 2 is 1.62 bits per heavy atom. The molecule has 2 aliphatic carbocycles. The lowest BCUT2D eigenvalue weighted by molar-refractivity contribution is 0.451. The molecule has 3 atom stereocenters. The van der Waals surface area contributed by atoms with E-state index in [4.69, 9.17) is 0 Å². The first-order valence-electron chi connectivity index (χ1n) is 7.89. The average molecular weight is 276 g/mol. The smallest absolute Gasteiger partial charge is 0.115 e. The minimum absolute atomic E-state index is 0.352. The summed E-state index contributed by atoms with van der Waals surface area (Å²) in [6, 6.07) is 18.6. The second-order valence-electron chi connectivity index (χ2n) is 6.32. The molecule has 0 amide bonds.